The highest BCUT2D eigenvalue weighted by atomic mass is 16.3. The van der Waals surface area contributed by atoms with Crippen LogP contribution in [0.1, 0.15) is 19.3 Å². The van der Waals surface area contributed by atoms with Gasteiger partial charge in [0, 0.05) is 5.92 Å². The Morgan fingerprint density at radius 3 is 2.50 bits per heavy atom. The summed E-state index contributed by atoms with van der Waals surface area (Å²) in [5.41, 5.74) is 0. The second-order valence-corrected chi connectivity index (χ2v) is 2.40. The summed E-state index contributed by atoms with van der Waals surface area (Å²) >= 11 is 0. The Hall–Kier alpha value is -0.300. The van der Waals surface area contributed by atoms with Gasteiger partial charge in [0.25, 0.3) is 0 Å². The van der Waals surface area contributed by atoms with Crippen molar-refractivity contribution in [3.63, 3.8) is 0 Å². The van der Waals surface area contributed by atoms with E-state index in [2.05, 4.69) is 6.58 Å². The Balaban J connectivity index is 2.41. The molecule has 0 aromatic rings. The van der Waals surface area contributed by atoms with Crippen molar-refractivity contribution >= 4 is 0 Å². The van der Waals surface area contributed by atoms with Gasteiger partial charge in [0.1, 0.15) is 0 Å². The highest BCUT2D eigenvalue weighted by Gasteiger charge is 2.21. The summed E-state index contributed by atoms with van der Waals surface area (Å²) in [5.74, 6) is 0.384. The second-order valence-electron chi connectivity index (χ2n) is 2.40. The molecular formula is C7H12O. The van der Waals surface area contributed by atoms with E-state index in [-0.39, 0.29) is 6.10 Å². The van der Waals surface area contributed by atoms with Gasteiger partial charge >= 0.3 is 0 Å². The molecule has 0 saturated heterocycles. The van der Waals surface area contributed by atoms with Gasteiger partial charge < -0.3 is 5.11 Å². The first-order chi connectivity index (χ1) is 3.84. The van der Waals surface area contributed by atoms with E-state index in [9.17, 15) is 0 Å². The number of aliphatic hydroxyl groups excluding tert-OH is 1. The van der Waals surface area contributed by atoms with Crippen LogP contribution in [0.25, 0.3) is 0 Å². The molecule has 0 aromatic heterocycles. The van der Waals surface area contributed by atoms with E-state index in [0.29, 0.717) is 5.92 Å². The maximum Gasteiger partial charge on any atom is 0.0602 e. The summed E-state index contributed by atoms with van der Waals surface area (Å²) < 4.78 is 0. The zero-order chi connectivity index (χ0) is 5.98. The molecule has 1 nitrogen and oxygen atoms in total. The van der Waals surface area contributed by atoms with Gasteiger partial charge in [-0.1, -0.05) is 12.5 Å². The lowest BCUT2D eigenvalue weighted by Crippen LogP contribution is -2.09. The summed E-state index contributed by atoms with van der Waals surface area (Å²) in [6.07, 6.45) is 5.03. The van der Waals surface area contributed by atoms with E-state index in [1.54, 1.807) is 0 Å². The third-order valence-corrected chi connectivity index (χ3v) is 1.83. The average molecular weight is 112 g/mol. The van der Waals surface area contributed by atoms with Gasteiger partial charge in [0.05, 0.1) is 6.10 Å². The first-order valence-corrected chi connectivity index (χ1v) is 3.15. The van der Waals surface area contributed by atoms with Crippen LogP contribution in [0.15, 0.2) is 12.7 Å². The quantitative estimate of drug-likeness (QED) is 0.507. The predicted octanol–water partition coefficient (Wildman–Crippen LogP) is 1.33. The molecule has 0 spiro atoms. The van der Waals surface area contributed by atoms with Gasteiger partial charge in [-0.2, -0.15) is 0 Å². The first-order valence-electron chi connectivity index (χ1n) is 3.15. The molecular weight excluding hydrogens is 100 g/mol. The highest BCUT2D eigenvalue weighted by Crippen LogP contribution is 2.25. The van der Waals surface area contributed by atoms with E-state index in [0.717, 1.165) is 19.3 Å². The molecule has 1 saturated carbocycles. The molecule has 8 heavy (non-hydrogen) atoms. The van der Waals surface area contributed by atoms with Crippen LogP contribution >= 0.6 is 0 Å². The first kappa shape index (κ1) is 5.83. The Kier molecular flexibility index (Phi) is 1.69. The van der Waals surface area contributed by atoms with Crippen LogP contribution in [0.2, 0.25) is 0 Å². The molecule has 46 valence electrons. The third kappa shape index (κ3) is 0.920. The van der Waals surface area contributed by atoms with Gasteiger partial charge in [-0.15, -0.1) is 6.58 Å². The Bertz CT molecular complexity index is 88.4. The molecule has 0 radical (unpaired) electrons. The lowest BCUT2D eigenvalue weighted by atomic mass is 10.1. The Morgan fingerprint density at radius 1 is 1.50 bits per heavy atom. The van der Waals surface area contributed by atoms with Gasteiger partial charge in [-0.25, -0.2) is 0 Å². The molecule has 0 amide bonds. The van der Waals surface area contributed by atoms with Crippen LogP contribution in [0, 0.1) is 5.92 Å². The van der Waals surface area contributed by atoms with Gasteiger partial charge in [0.15, 0.2) is 0 Å². The van der Waals surface area contributed by atoms with Crippen LogP contribution in [-0.2, 0) is 0 Å². The smallest absolute Gasteiger partial charge is 0.0602 e. The van der Waals surface area contributed by atoms with E-state index < -0.39 is 0 Å². The van der Waals surface area contributed by atoms with Gasteiger partial charge in [-0.05, 0) is 12.8 Å². The maximum atomic E-state index is 9.12. The third-order valence-electron chi connectivity index (χ3n) is 1.83. The summed E-state index contributed by atoms with van der Waals surface area (Å²) in [5, 5.41) is 9.12. The fourth-order valence-electron chi connectivity index (χ4n) is 1.24. The van der Waals surface area contributed by atoms with Gasteiger partial charge in [0.2, 0.25) is 0 Å². The number of hydrogen-bond donors (Lipinski definition) is 1. The molecule has 0 unspecified atom stereocenters. The Labute approximate surface area is 50.0 Å². The standard InChI is InChI=1S/C7H12O/c1-2-6-4-3-5-7(6)8/h2,6-8H,1,3-5H2/t6-,7-/m0/s1. The summed E-state index contributed by atoms with van der Waals surface area (Å²) in [4.78, 5) is 0. The monoisotopic (exact) mass is 112 g/mol. The van der Waals surface area contributed by atoms with Crippen molar-refractivity contribution in [3.05, 3.63) is 12.7 Å². The summed E-state index contributed by atoms with van der Waals surface area (Å²) in [6, 6.07) is 0. The zero-order valence-electron chi connectivity index (χ0n) is 5.01. The van der Waals surface area contributed by atoms with Crippen molar-refractivity contribution in [1.29, 1.82) is 0 Å². The van der Waals surface area contributed by atoms with Crippen LogP contribution in [-0.4, -0.2) is 11.2 Å². The number of rotatable bonds is 1. The molecule has 2 atom stereocenters. The molecule has 1 N–H and O–H groups in total. The highest BCUT2D eigenvalue weighted by molar-refractivity contribution is 4.88. The van der Waals surface area contributed by atoms with Crippen LogP contribution in [0.5, 0.6) is 0 Å². The minimum atomic E-state index is -0.0903. The van der Waals surface area contributed by atoms with Crippen molar-refractivity contribution in [2.45, 2.75) is 25.4 Å². The average Bonchev–Trinajstić information content (AvgIpc) is 2.14. The minimum absolute atomic E-state index is 0.0903. The molecule has 0 aliphatic heterocycles. The predicted molar refractivity (Wildman–Crippen MR) is 33.5 cm³/mol. The minimum Gasteiger partial charge on any atom is -0.393 e. The fourth-order valence-corrected chi connectivity index (χ4v) is 1.24. The maximum absolute atomic E-state index is 9.12. The lowest BCUT2D eigenvalue weighted by Gasteiger charge is -2.06. The normalized spacial score (nSPS) is 37.6. The van der Waals surface area contributed by atoms with E-state index in [1.165, 1.54) is 0 Å². The summed E-state index contributed by atoms with van der Waals surface area (Å²) in [6.45, 7) is 3.63. The largest absolute Gasteiger partial charge is 0.393 e. The van der Waals surface area contributed by atoms with Crippen molar-refractivity contribution < 1.29 is 5.11 Å². The lowest BCUT2D eigenvalue weighted by molar-refractivity contribution is 0.153. The van der Waals surface area contributed by atoms with E-state index in [1.807, 2.05) is 6.08 Å². The molecule has 1 rings (SSSR count). The molecule has 1 fully saturated rings. The van der Waals surface area contributed by atoms with Gasteiger partial charge in [-0.3, -0.25) is 0 Å². The fraction of sp³-hybridized carbons (Fsp3) is 0.714. The zero-order valence-corrected chi connectivity index (χ0v) is 5.01. The van der Waals surface area contributed by atoms with Crippen molar-refractivity contribution in [2.24, 2.45) is 5.92 Å². The van der Waals surface area contributed by atoms with Crippen LogP contribution in [0.4, 0.5) is 0 Å². The van der Waals surface area contributed by atoms with Crippen molar-refractivity contribution in [3.8, 4) is 0 Å². The molecule has 1 aliphatic rings. The molecule has 0 bridgehead atoms. The second kappa shape index (κ2) is 2.31. The van der Waals surface area contributed by atoms with E-state index >= 15 is 0 Å². The molecule has 1 heteroatoms. The SMILES string of the molecule is C=C[C@H]1CCC[C@@H]1O. The molecule has 0 heterocycles. The number of aliphatic hydroxyl groups is 1. The molecule has 1 aliphatic carbocycles. The van der Waals surface area contributed by atoms with E-state index in [4.69, 9.17) is 5.11 Å². The Morgan fingerprint density at radius 2 is 2.25 bits per heavy atom. The van der Waals surface area contributed by atoms with Crippen LogP contribution in [0.3, 0.4) is 0 Å². The summed E-state index contributed by atoms with van der Waals surface area (Å²) in [7, 11) is 0. The number of hydrogen-bond acceptors (Lipinski definition) is 1. The van der Waals surface area contributed by atoms with Crippen LogP contribution < -0.4 is 0 Å². The van der Waals surface area contributed by atoms with Crippen molar-refractivity contribution in [2.75, 3.05) is 0 Å². The molecule has 0 aromatic carbocycles. The van der Waals surface area contributed by atoms with Crippen molar-refractivity contribution in [1.82, 2.24) is 0 Å². The topological polar surface area (TPSA) is 20.2 Å².